The summed E-state index contributed by atoms with van der Waals surface area (Å²) < 4.78 is 27.9. The molecule has 6 heteroatoms. The van der Waals surface area contributed by atoms with Crippen molar-refractivity contribution < 1.29 is 13.5 Å². The van der Waals surface area contributed by atoms with Crippen molar-refractivity contribution in [2.75, 3.05) is 25.6 Å². The molecule has 1 aliphatic rings. The molecule has 1 aromatic rings. The lowest BCUT2D eigenvalue weighted by Crippen LogP contribution is -2.38. The van der Waals surface area contributed by atoms with Crippen molar-refractivity contribution in [2.24, 2.45) is 5.92 Å². The maximum Gasteiger partial charge on any atom is 0.240 e. The Morgan fingerprint density at radius 1 is 1.23 bits per heavy atom. The third-order valence-corrected chi connectivity index (χ3v) is 5.92. The van der Waals surface area contributed by atoms with Crippen LogP contribution in [0.5, 0.6) is 0 Å². The third kappa shape index (κ3) is 4.00. The Labute approximate surface area is 133 Å². The van der Waals surface area contributed by atoms with Crippen LogP contribution in [-0.2, 0) is 10.0 Å². The van der Waals surface area contributed by atoms with E-state index in [1.807, 2.05) is 32.0 Å². The second-order valence-corrected chi connectivity index (χ2v) is 8.08. The summed E-state index contributed by atoms with van der Waals surface area (Å²) in [5, 5.41) is 9.15. The lowest BCUT2D eigenvalue weighted by atomic mass is 9.87. The van der Waals surface area contributed by atoms with E-state index in [0.717, 1.165) is 36.9 Å². The first-order valence-electron chi connectivity index (χ1n) is 7.74. The number of aliphatic hydroxyl groups excluding tert-OH is 1. The standard InChI is InChI=1S/C16H26N2O3S/c1-12-4-9-15(10-16(12)18(2)3)22(20,21)17-14-7-5-13(11-19)6-8-14/h4,9-10,13-14,17,19H,5-8,11H2,1-3H3. The first-order valence-corrected chi connectivity index (χ1v) is 9.23. The molecule has 0 aromatic heterocycles. The topological polar surface area (TPSA) is 69.6 Å². The number of rotatable bonds is 5. The predicted molar refractivity (Wildman–Crippen MR) is 88.7 cm³/mol. The number of aryl methyl sites for hydroxylation is 1. The highest BCUT2D eigenvalue weighted by molar-refractivity contribution is 7.89. The molecule has 0 aliphatic heterocycles. The van der Waals surface area contributed by atoms with Crippen LogP contribution in [0, 0.1) is 12.8 Å². The first-order chi connectivity index (χ1) is 10.3. The average molecular weight is 326 g/mol. The van der Waals surface area contributed by atoms with E-state index >= 15 is 0 Å². The molecule has 0 spiro atoms. The van der Waals surface area contributed by atoms with Crippen molar-refractivity contribution in [1.29, 1.82) is 0 Å². The second kappa shape index (κ2) is 6.98. The number of anilines is 1. The van der Waals surface area contributed by atoms with E-state index in [1.54, 1.807) is 12.1 Å². The summed E-state index contributed by atoms with van der Waals surface area (Å²) in [5.41, 5.74) is 1.96. The van der Waals surface area contributed by atoms with Crippen molar-refractivity contribution in [1.82, 2.24) is 4.72 Å². The zero-order valence-electron chi connectivity index (χ0n) is 13.5. The number of nitrogens with zero attached hydrogens (tertiary/aromatic N) is 1. The zero-order chi connectivity index (χ0) is 16.3. The Morgan fingerprint density at radius 2 is 1.86 bits per heavy atom. The Bertz CT molecular complexity index is 606. The first kappa shape index (κ1) is 17.2. The SMILES string of the molecule is Cc1ccc(S(=O)(=O)NC2CCC(CO)CC2)cc1N(C)C. The highest BCUT2D eigenvalue weighted by Crippen LogP contribution is 2.26. The number of benzene rings is 1. The van der Waals surface area contributed by atoms with Crippen LogP contribution in [0.25, 0.3) is 0 Å². The van der Waals surface area contributed by atoms with Crippen LogP contribution in [0.1, 0.15) is 31.2 Å². The van der Waals surface area contributed by atoms with Crippen LogP contribution >= 0.6 is 0 Å². The van der Waals surface area contributed by atoms with Crippen molar-refractivity contribution in [3.8, 4) is 0 Å². The maximum absolute atomic E-state index is 12.6. The molecular formula is C16H26N2O3S. The maximum atomic E-state index is 12.6. The Morgan fingerprint density at radius 3 is 2.41 bits per heavy atom. The van der Waals surface area contributed by atoms with Gasteiger partial charge in [-0.15, -0.1) is 0 Å². The minimum atomic E-state index is -3.50. The van der Waals surface area contributed by atoms with E-state index in [0.29, 0.717) is 10.8 Å². The van der Waals surface area contributed by atoms with Crippen LogP contribution in [0.15, 0.2) is 23.1 Å². The predicted octanol–water partition coefficient (Wildman–Crippen LogP) is 1.89. The average Bonchev–Trinajstić information content (AvgIpc) is 2.47. The van der Waals surface area contributed by atoms with Gasteiger partial charge in [-0.3, -0.25) is 0 Å². The molecule has 2 rings (SSSR count). The zero-order valence-corrected chi connectivity index (χ0v) is 14.4. The molecule has 1 aliphatic carbocycles. The van der Waals surface area contributed by atoms with Crippen molar-refractivity contribution in [3.63, 3.8) is 0 Å². The summed E-state index contributed by atoms with van der Waals surface area (Å²) in [7, 11) is 0.314. The van der Waals surface area contributed by atoms with Gasteiger partial charge < -0.3 is 10.0 Å². The molecule has 2 N–H and O–H groups in total. The van der Waals surface area contributed by atoms with E-state index in [2.05, 4.69) is 4.72 Å². The molecule has 1 fully saturated rings. The van der Waals surface area contributed by atoms with E-state index < -0.39 is 10.0 Å². The molecular weight excluding hydrogens is 300 g/mol. The molecule has 22 heavy (non-hydrogen) atoms. The summed E-state index contributed by atoms with van der Waals surface area (Å²) in [6, 6.07) is 5.19. The summed E-state index contributed by atoms with van der Waals surface area (Å²) >= 11 is 0. The van der Waals surface area contributed by atoms with Gasteiger partial charge in [0.15, 0.2) is 0 Å². The largest absolute Gasteiger partial charge is 0.396 e. The van der Waals surface area contributed by atoms with Crippen LogP contribution in [0.4, 0.5) is 5.69 Å². The van der Waals surface area contributed by atoms with Crippen LogP contribution in [0.3, 0.4) is 0 Å². The fourth-order valence-corrected chi connectivity index (χ4v) is 4.31. The molecule has 0 atom stereocenters. The second-order valence-electron chi connectivity index (χ2n) is 6.36. The Kier molecular flexibility index (Phi) is 5.47. The summed E-state index contributed by atoms with van der Waals surface area (Å²) in [5.74, 6) is 0.320. The quantitative estimate of drug-likeness (QED) is 0.867. The van der Waals surface area contributed by atoms with E-state index in [4.69, 9.17) is 5.11 Å². The number of hydrogen-bond acceptors (Lipinski definition) is 4. The smallest absolute Gasteiger partial charge is 0.240 e. The molecule has 1 aromatic carbocycles. The number of sulfonamides is 1. The number of hydrogen-bond donors (Lipinski definition) is 2. The minimum Gasteiger partial charge on any atom is -0.396 e. The molecule has 0 saturated heterocycles. The summed E-state index contributed by atoms with van der Waals surface area (Å²) in [4.78, 5) is 2.23. The number of aliphatic hydroxyl groups is 1. The summed E-state index contributed by atoms with van der Waals surface area (Å²) in [6.45, 7) is 2.17. The minimum absolute atomic E-state index is 0.0306. The van der Waals surface area contributed by atoms with Gasteiger partial charge in [0.05, 0.1) is 4.90 Å². The highest BCUT2D eigenvalue weighted by atomic mass is 32.2. The highest BCUT2D eigenvalue weighted by Gasteiger charge is 2.25. The van der Waals surface area contributed by atoms with Crippen molar-refractivity contribution in [2.45, 2.75) is 43.5 Å². The fourth-order valence-electron chi connectivity index (χ4n) is 2.99. The van der Waals surface area contributed by atoms with Crippen molar-refractivity contribution in [3.05, 3.63) is 23.8 Å². The van der Waals surface area contributed by atoms with Gasteiger partial charge in [0.2, 0.25) is 10.0 Å². The number of nitrogens with one attached hydrogen (secondary N) is 1. The van der Waals surface area contributed by atoms with Gasteiger partial charge in [-0.25, -0.2) is 13.1 Å². The molecule has 0 heterocycles. The third-order valence-electron chi connectivity index (χ3n) is 4.40. The van der Waals surface area contributed by atoms with Crippen molar-refractivity contribution >= 4 is 15.7 Å². The fraction of sp³-hybridized carbons (Fsp3) is 0.625. The Balaban J connectivity index is 2.12. The lowest BCUT2D eigenvalue weighted by molar-refractivity contribution is 0.180. The molecule has 1 saturated carbocycles. The molecule has 124 valence electrons. The van der Waals surface area contributed by atoms with Gasteiger partial charge >= 0.3 is 0 Å². The lowest BCUT2D eigenvalue weighted by Gasteiger charge is -2.28. The van der Waals surface area contributed by atoms with Gasteiger partial charge in [-0.2, -0.15) is 0 Å². The van der Waals surface area contributed by atoms with E-state index in [1.165, 1.54) is 0 Å². The van der Waals surface area contributed by atoms with Crippen LogP contribution in [-0.4, -0.2) is 40.3 Å². The van der Waals surface area contributed by atoms with Gasteiger partial charge in [-0.1, -0.05) is 6.07 Å². The van der Waals surface area contributed by atoms with E-state index in [9.17, 15) is 8.42 Å². The van der Waals surface area contributed by atoms with Gasteiger partial charge in [0, 0.05) is 32.4 Å². The van der Waals surface area contributed by atoms with Gasteiger partial charge in [-0.05, 0) is 56.2 Å². The van der Waals surface area contributed by atoms with E-state index in [-0.39, 0.29) is 12.6 Å². The molecule has 5 nitrogen and oxygen atoms in total. The van der Waals surface area contributed by atoms with Gasteiger partial charge in [0.1, 0.15) is 0 Å². The van der Waals surface area contributed by atoms with Crippen LogP contribution < -0.4 is 9.62 Å². The van der Waals surface area contributed by atoms with Crippen LogP contribution in [0.2, 0.25) is 0 Å². The Hall–Kier alpha value is -1.11. The molecule has 0 unspecified atom stereocenters. The molecule has 0 radical (unpaired) electrons. The molecule has 0 bridgehead atoms. The normalized spacial score (nSPS) is 22.5. The molecule has 0 amide bonds. The monoisotopic (exact) mass is 326 g/mol. The summed E-state index contributed by atoms with van der Waals surface area (Å²) in [6.07, 6.45) is 3.33. The van der Waals surface area contributed by atoms with Gasteiger partial charge in [0.25, 0.3) is 0 Å².